The first kappa shape index (κ1) is 44.9. The van der Waals surface area contributed by atoms with E-state index in [0.29, 0.717) is 0 Å². The highest BCUT2D eigenvalue weighted by Crippen LogP contribution is 2.51. The molecule has 0 radical (unpaired) electrons. The van der Waals surface area contributed by atoms with Gasteiger partial charge in [-0.25, -0.2) is 0 Å². The smallest absolute Gasteiger partial charge is 0.273 e. The highest BCUT2D eigenvalue weighted by atomic mass is 15.2. The van der Waals surface area contributed by atoms with Gasteiger partial charge in [0.2, 0.25) is 0 Å². The van der Waals surface area contributed by atoms with Crippen molar-refractivity contribution in [3.05, 3.63) is 259 Å². The standard InChI is InChI=1S/C70H57BN4/c1-70(2,3)50-40-44-63(59(46-50)49-26-11-5-12-27-49)73(62-45-42-55(48-24-9-4-10-25-48)56-34-19-20-35-57(56)62)54-41-43-60-66(47-54)72(51-28-13-6-14-29-51)64-38-23-39-65-67(64)71(60)69-68(74(65)52-30-15-7-16-31-52)58-36-21-22-37-61(58)75(69)53-32-17-8-18-33-53/h4-20,23-35,38-47H,21-22,36-37H2,1-3H3. The fourth-order valence-corrected chi connectivity index (χ4v) is 12.7. The number of anilines is 9. The number of para-hydroxylation sites is 3. The van der Waals surface area contributed by atoms with Gasteiger partial charge in [-0.3, -0.25) is 0 Å². The van der Waals surface area contributed by atoms with Crippen molar-refractivity contribution in [3.63, 3.8) is 0 Å². The van der Waals surface area contributed by atoms with Crippen LogP contribution in [0, 0.1) is 0 Å². The number of rotatable bonds is 8. The Morgan fingerprint density at radius 1 is 0.440 bits per heavy atom. The Balaban J connectivity index is 1.08. The normalized spacial score (nSPS) is 13.5. The Hall–Kier alpha value is -8.80. The lowest BCUT2D eigenvalue weighted by Crippen LogP contribution is -2.63. The molecule has 14 rings (SSSR count). The zero-order chi connectivity index (χ0) is 50.2. The van der Waals surface area contributed by atoms with Crippen LogP contribution in [-0.4, -0.2) is 11.3 Å². The van der Waals surface area contributed by atoms with Crippen LogP contribution in [0.15, 0.2) is 243 Å². The lowest BCUT2D eigenvalue weighted by atomic mass is 9.35. The lowest BCUT2D eigenvalue weighted by Gasteiger charge is -2.44. The van der Waals surface area contributed by atoms with Crippen molar-refractivity contribution in [1.29, 1.82) is 0 Å². The highest BCUT2D eigenvalue weighted by Gasteiger charge is 2.48. The van der Waals surface area contributed by atoms with E-state index in [-0.39, 0.29) is 12.1 Å². The largest absolute Gasteiger partial charge is 0.323 e. The molecule has 5 heteroatoms. The van der Waals surface area contributed by atoms with Gasteiger partial charge in [0.05, 0.1) is 17.1 Å². The molecule has 0 saturated heterocycles. The molecule has 0 spiro atoms. The van der Waals surface area contributed by atoms with Crippen LogP contribution < -0.4 is 31.2 Å². The number of fused-ring (bicyclic) bond motifs is 7. The Kier molecular flexibility index (Phi) is 10.8. The second-order valence-corrected chi connectivity index (χ2v) is 21.5. The Morgan fingerprint density at radius 3 is 1.67 bits per heavy atom. The van der Waals surface area contributed by atoms with Crippen LogP contribution >= 0.6 is 0 Å². The molecule has 11 aromatic rings. The molecule has 2 aliphatic heterocycles. The van der Waals surface area contributed by atoms with Crippen molar-refractivity contribution < 1.29 is 0 Å². The van der Waals surface area contributed by atoms with Gasteiger partial charge in [0, 0.05) is 62.0 Å². The minimum Gasteiger partial charge on any atom is -0.323 e. The van der Waals surface area contributed by atoms with E-state index in [9.17, 15) is 0 Å². The zero-order valence-corrected chi connectivity index (χ0v) is 42.8. The molecule has 0 fully saturated rings. The molecule has 0 saturated carbocycles. The summed E-state index contributed by atoms with van der Waals surface area (Å²) in [6.07, 6.45) is 4.45. The lowest BCUT2D eigenvalue weighted by molar-refractivity contribution is 0.590. The summed E-state index contributed by atoms with van der Waals surface area (Å²) in [5, 5.41) is 2.40. The maximum absolute atomic E-state index is 2.68. The first-order valence-corrected chi connectivity index (χ1v) is 26.8. The van der Waals surface area contributed by atoms with Gasteiger partial charge in [0.15, 0.2) is 0 Å². The van der Waals surface area contributed by atoms with Gasteiger partial charge in [-0.15, -0.1) is 0 Å². The van der Waals surface area contributed by atoms with Gasteiger partial charge in [-0.1, -0.05) is 185 Å². The molecule has 1 aliphatic carbocycles. The monoisotopic (exact) mass is 964 g/mol. The summed E-state index contributed by atoms with van der Waals surface area (Å²) in [6.45, 7) is 6.88. The molecule has 75 heavy (non-hydrogen) atoms. The van der Waals surface area contributed by atoms with Gasteiger partial charge in [0.1, 0.15) is 0 Å². The Bertz CT molecular complexity index is 3940. The quantitative estimate of drug-likeness (QED) is 0.141. The van der Waals surface area contributed by atoms with Crippen molar-refractivity contribution in [2.75, 3.05) is 14.7 Å². The van der Waals surface area contributed by atoms with Gasteiger partial charge in [0.25, 0.3) is 6.71 Å². The Morgan fingerprint density at radius 2 is 1.00 bits per heavy atom. The number of hydrogen-bond acceptors (Lipinski definition) is 3. The summed E-state index contributed by atoms with van der Waals surface area (Å²) < 4.78 is 2.68. The first-order chi connectivity index (χ1) is 36.9. The summed E-state index contributed by atoms with van der Waals surface area (Å²) in [5.41, 5.74) is 24.8. The maximum atomic E-state index is 2.68. The van der Waals surface area contributed by atoms with Crippen molar-refractivity contribution in [3.8, 4) is 27.9 Å². The number of aromatic nitrogens is 1. The SMILES string of the molecule is CC(C)(C)c1ccc(N(c2ccc3c(c2)N(c2ccccc2)c2cccc4c2B3c2c(c3c(n2-c2ccccc2)CCCC3)N4c2ccccc2)c2ccc(-c3ccccc3)c3ccccc23)c(-c2ccccc2)c1. The highest BCUT2D eigenvalue weighted by molar-refractivity contribution is 7.00. The molecular formula is C70H57BN4. The van der Waals surface area contributed by atoms with E-state index in [1.807, 2.05) is 0 Å². The molecule has 0 bridgehead atoms. The molecule has 0 atom stereocenters. The second-order valence-electron chi connectivity index (χ2n) is 21.5. The Labute approximate surface area is 441 Å². The van der Waals surface area contributed by atoms with E-state index in [1.54, 1.807) is 0 Å². The van der Waals surface area contributed by atoms with Gasteiger partial charge < -0.3 is 19.3 Å². The molecule has 0 unspecified atom stereocenters. The van der Waals surface area contributed by atoms with Crippen LogP contribution in [0.4, 0.5) is 51.2 Å². The topological polar surface area (TPSA) is 14.7 Å². The van der Waals surface area contributed by atoms with Gasteiger partial charge in [-0.2, -0.15) is 0 Å². The van der Waals surface area contributed by atoms with E-state index in [1.165, 1.54) is 113 Å². The fourth-order valence-electron chi connectivity index (χ4n) is 12.7. The van der Waals surface area contributed by atoms with E-state index in [2.05, 4.69) is 283 Å². The minimum absolute atomic E-state index is 0.0588. The van der Waals surface area contributed by atoms with Crippen LogP contribution in [0.5, 0.6) is 0 Å². The van der Waals surface area contributed by atoms with Crippen LogP contribution in [0.3, 0.4) is 0 Å². The molecular weight excluding hydrogens is 908 g/mol. The maximum Gasteiger partial charge on any atom is 0.273 e. The molecule has 4 nitrogen and oxygen atoms in total. The first-order valence-electron chi connectivity index (χ1n) is 26.8. The van der Waals surface area contributed by atoms with Crippen LogP contribution in [0.25, 0.3) is 38.7 Å². The number of hydrogen-bond donors (Lipinski definition) is 0. The molecule has 10 aromatic carbocycles. The minimum atomic E-state index is -0.0636. The van der Waals surface area contributed by atoms with Crippen molar-refractivity contribution in [2.45, 2.75) is 51.9 Å². The average molecular weight is 965 g/mol. The summed E-state index contributed by atoms with van der Waals surface area (Å²) in [4.78, 5) is 7.71. The van der Waals surface area contributed by atoms with Crippen LogP contribution in [0.1, 0.15) is 50.4 Å². The van der Waals surface area contributed by atoms with E-state index >= 15 is 0 Å². The zero-order valence-electron chi connectivity index (χ0n) is 42.8. The fraction of sp³-hybridized carbons (Fsp3) is 0.114. The molecule has 1 aromatic heterocycles. The molecule has 360 valence electrons. The third-order valence-electron chi connectivity index (χ3n) is 16.1. The number of nitrogens with zero attached hydrogens (tertiary/aromatic N) is 4. The summed E-state index contributed by atoms with van der Waals surface area (Å²) in [5.74, 6) is 0. The molecule has 3 heterocycles. The molecule has 0 amide bonds. The summed E-state index contributed by atoms with van der Waals surface area (Å²) in [7, 11) is 0. The van der Waals surface area contributed by atoms with Crippen molar-refractivity contribution in [1.82, 2.24) is 4.57 Å². The van der Waals surface area contributed by atoms with Crippen molar-refractivity contribution in [2.24, 2.45) is 0 Å². The van der Waals surface area contributed by atoms with E-state index < -0.39 is 0 Å². The van der Waals surface area contributed by atoms with Gasteiger partial charge >= 0.3 is 0 Å². The average Bonchev–Trinajstić information content (AvgIpc) is 3.98. The van der Waals surface area contributed by atoms with Crippen LogP contribution in [0.2, 0.25) is 0 Å². The summed E-state index contributed by atoms with van der Waals surface area (Å²) >= 11 is 0. The van der Waals surface area contributed by atoms with Gasteiger partial charge in [-0.05, 0) is 154 Å². The second kappa shape index (κ2) is 18.0. The van der Waals surface area contributed by atoms with Crippen LogP contribution in [-0.2, 0) is 18.3 Å². The third-order valence-corrected chi connectivity index (χ3v) is 16.1. The van der Waals surface area contributed by atoms with Crippen molar-refractivity contribution >= 4 is 85.2 Å². The van der Waals surface area contributed by atoms with E-state index in [0.717, 1.165) is 35.6 Å². The number of benzene rings is 10. The third kappa shape index (κ3) is 7.35. The predicted octanol–water partition coefficient (Wildman–Crippen LogP) is 16.7. The predicted molar refractivity (Wildman–Crippen MR) is 318 cm³/mol. The van der Waals surface area contributed by atoms with E-state index in [4.69, 9.17) is 0 Å². The summed E-state index contributed by atoms with van der Waals surface area (Å²) in [6, 6.07) is 90.4. The molecule has 3 aliphatic rings. The molecule has 0 N–H and O–H groups in total.